The Morgan fingerprint density at radius 2 is 2.33 bits per heavy atom. The van der Waals surface area contributed by atoms with Crippen molar-refractivity contribution >= 4 is 11.7 Å². The zero-order valence-electron chi connectivity index (χ0n) is 9.93. The molecule has 2 atom stereocenters. The topological polar surface area (TPSA) is 90.7 Å². The van der Waals surface area contributed by atoms with Gasteiger partial charge in [0, 0.05) is 11.5 Å². The van der Waals surface area contributed by atoms with Crippen LogP contribution in [0.3, 0.4) is 0 Å². The lowest BCUT2D eigenvalue weighted by atomic mass is 10.00. The minimum absolute atomic E-state index is 0.300. The number of nitrogens with two attached hydrogens (primary N) is 2. The number of primary amides is 1. The van der Waals surface area contributed by atoms with E-state index in [0.717, 1.165) is 12.0 Å². The van der Waals surface area contributed by atoms with Crippen LogP contribution in [0.2, 0.25) is 0 Å². The normalized spacial score (nSPS) is 30.0. The van der Waals surface area contributed by atoms with Crippen molar-refractivity contribution in [2.75, 3.05) is 13.2 Å². The molecule has 1 aromatic carbocycles. The van der Waals surface area contributed by atoms with Gasteiger partial charge in [-0.15, -0.1) is 0 Å². The predicted octanol–water partition coefficient (Wildman–Crippen LogP) is 0.388. The number of ether oxygens (including phenoxy) is 1. The Balaban J connectivity index is 2.02. The van der Waals surface area contributed by atoms with E-state index in [9.17, 15) is 4.79 Å². The minimum Gasteiger partial charge on any atom is -0.386 e. The molecule has 5 heteroatoms. The van der Waals surface area contributed by atoms with Crippen LogP contribution >= 0.6 is 0 Å². The van der Waals surface area contributed by atoms with Crippen molar-refractivity contribution in [3.8, 4) is 0 Å². The van der Waals surface area contributed by atoms with Gasteiger partial charge in [-0.1, -0.05) is 12.1 Å². The van der Waals surface area contributed by atoms with Crippen molar-refractivity contribution in [3.63, 3.8) is 0 Å². The Morgan fingerprint density at radius 1 is 1.50 bits per heavy atom. The molecular formula is C13H15N3O2. The Bertz CT molecular complexity index is 541. The van der Waals surface area contributed by atoms with Gasteiger partial charge in [0.25, 0.3) is 0 Å². The molecule has 1 saturated carbocycles. The number of rotatable bonds is 2. The zero-order chi connectivity index (χ0) is 12.8. The summed E-state index contributed by atoms with van der Waals surface area (Å²) in [7, 11) is 0. The molecule has 0 saturated heterocycles. The van der Waals surface area contributed by atoms with Crippen molar-refractivity contribution in [3.05, 3.63) is 35.4 Å². The first-order valence-electron chi connectivity index (χ1n) is 5.94. The Morgan fingerprint density at radius 3 is 3.11 bits per heavy atom. The first kappa shape index (κ1) is 11.2. The van der Waals surface area contributed by atoms with E-state index in [4.69, 9.17) is 16.2 Å². The van der Waals surface area contributed by atoms with Gasteiger partial charge in [-0.25, -0.2) is 0 Å². The summed E-state index contributed by atoms with van der Waals surface area (Å²) < 4.78 is 5.44. The third-order valence-electron chi connectivity index (χ3n) is 3.63. The lowest BCUT2D eigenvalue weighted by molar-refractivity contribution is 0.1000. The lowest BCUT2D eigenvalue weighted by Crippen LogP contribution is -2.20. The maximum Gasteiger partial charge on any atom is 0.248 e. The number of aliphatic imine (C=N–C) groups is 1. The second-order valence-corrected chi connectivity index (χ2v) is 4.89. The Labute approximate surface area is 105 Å². The van der Waals surface area contributed by atoms with Gasteiger partial charge in [-0.2, -0.15) is 0 Å². The highest BCUT2D eigenvalue weighted by atomic mass is 16.5. The van der Waals surface area contributed by atoms with Gasteiger partial charge in [0.1, 0.15) is 12.4 Å². The van der Waals surface area contributed by atoms with Crippen molar-refractivity contribution in [2.24, 2.45) is 22.4 Å². The van der Waals surface area contributed by atoms with Crippen LogP contribution in [-0.4, -0.2) is 25.0 Å². The van der Waals surface area contributed by atoms with Crippen LogP contribution in [-0.2, 0) is 10.3 Å². The molecule has 1 aromatic rings. The molecule has 3 rings (SSSR count). The molecule has 1 amide bonds. The smallest absolute Gasteiger partial charge is 0.248 e. The van der Waals surface area contributed by atoms with Crippen molar-refractivity contribution in [2.45, 2.75) is 12.0 Å². The third-order valence-corrected chi connectivity index (χ3v) is 3.63. The summed E-state index contributed by atoms with van der Waals surface area (Å²) in [6, 6.07) is 7.32. The second kappa shape index (κ2) is 3.81. The summed E-state index contributed by atoms with van der Waals surface area (Å²) in [5, 5.41) is 0. The van der Waals surface area contributed by atoms with E-state index in [1.165, 1.54) is 0 Å². The number of fused-ring (bicyclic) bond motifs is 1. The molecule has 1 aliphatic carbocycles. The zero-order valence-corrected chi connectivity index (χ0v) is 9.93. The maximum absolute atomic E-state index is 11.2. The van der Waals surface area contributed by atoms with Crippen LogP contribution < -0.4 is 11.5 Å². The third kappa shape index (κ3) is 1.67. The van der Waals surface area contributed by atoms with Crippen LogP contribution in [0.5, 0.6) is 0 Å². The fourth-order valence-electron chi connectivity index (χ4n) is 2.60. The standard InChI is InChI=1S/C13H15N3O2/c14-11-7-18-6-10-5-13(10,16-11)9-3-1-2-8(4-9)12(15)17/h1-4,10H,5-7H2,(H2,14,16)(H2,15,17)/t10-,13-/m0/s1. The van der Waals surface area contributed by atoms with Crippen molar-refractivity contribution < 1.29 is 9.53 Å². The Kier molecular flexibility index (Phi) is 2.38. The molecule has 94 valence electrons. The van der Waals surface area contributed by atoms with E-state index in [1.807, 2.05) is 18.2 Å². The van der Waals surface area contributed by atoms with E-state index in [1.54, 1.807) is 6.07 Å². The number of amides is 1. The van der Waals surface area contributed by atoms with Crippen LogP contribution in [0.25, 0.3) is 0 Å². The summed E-state index contributed by atoms with van der Waals surface area (Å²) in [5.74, 6) is 0.438. The first-order valence-corrected chi connectivity index (χ1v) is 5.94. The van der Waals surface area contributed by atoms with E-state index in [-0.39, 0.29) is 5.54 Å². The van der Waals surface area contributed by atoms with Gasteiger partial charge >= 0.3 is 0 Å². The number of nitrogens with zero attached hydrogens (tertiary/aromatic N) is 1. The van der Waals surface area contributed by atoms with Crippen molar-refractivity contribution in [1.29, 1.82) is 0 Å². The summed E-state index contributed by atoms with van der Waals surface area (Å²) in [5.41, 5.74) is 12.3. The van der Waals surface area contributed by atoms with E-state index in [2.05, 4.69) is 4.99 Å². The number of amidine groups is 1. The molecule has 0 spiro atoms. The Hall–Kier alpha value is -1.88. The van der Waals surface area contributed by atoms with Crippen LogP contribution in [0.15, 0.2) is 29.3 Å². The first-order chi connectivity index (χ1) is 8.62. The number of hydrogen-bond acceptors (Lipinski definition) is 4. The van der Waals surface area contributed by atoms with Gasteiger partial charge in [0.15, 0.2) is 0 Å². The fraction of sp³-hybridized carbons (Fsp3) is 0.385. The van der Waals surface area contributed by atoms with Crippen LogP contribution in [0.4, 0.5) is 0 Å². The monoisotopic (exact) mass is 245 g/mol. The summed E-state index contributed by atoms with van der Waals surface area (Å²) in [6.07, 6.45) is 0.913. The second-order valence-electron chi connectivity index (χ2n) is 4.89. The highest BCUT2D eigenvalue weighted by Gasteiger charge is 2.56. The van der Waals surface area contributed by atoms with E-state index in [0.29, 0.717) is 30.5 Å². The number of hydrogen-bond donors (Lipinski definition) is 2. The molecule has 1 aliphatic heterocycles. The summed E-state index contributed by atoms with van der Waals surface area (Å²) in [4.78, 5) is 15.8. The van der Waals surface area contributed by atoms with Gasteiger partial charge in [-0.05, 0) is 24.1 Å². The molecule has 0 unspecified atom stereocenters. The molecule has 0 radical (unpaired) electrons. The summed E-state index contributed by atoms with van der Waals surface area (Å²) in [6.45, 7) is 1.04. The molecule has 0 bridgehead atoms. The van der Waals surface area contributed by atoms with E-state index < -0.39 is 5.91 Å². The van der Waals surface area contributed by atoms with Gasteiger partial charge < -0.3 is 16.2 Å². The van der Waals surface area contributed by atoms with Gasteiger partial charge in [-0.3, -0.25) is 9.79 Å². The summed E-state index contributed by atoms with van der Waals surface area (Å²) >= 11 is 0. The quantitative estimate of drug-likeness (QED) is 0.789. The van der Waals surface area contributed by atoms with Crippen LogP contribution in [0.1, 0.15) is 22.3 Å². The molecule has 4 N–H and O–H groups in total. The molecule has 1 heterocycles. The van der Waals surface area contributed by atoms with Gasteiger partial charge in [0.05, 0.1) is 12.1 Å². The SMILES string of the molecule is NC(=O)c1cccc([C@@]23C[C@H]2COCC(N)=N3)c1. The van der Waals surface area contributed by atoms with E-state index >= 15 is 0 Å². The maximum atomic E-state index is 11.2. The highest BCUT2D eigenvalue weighted by molar-refractivity contribution is 5.93. The molecular weight excluding hydrogens is 230 g/mol. The van der Waals surface area contributed by atoms with Crippen LogP contribution in [0, 0.1) is 5.92 Å². The fourth-order valence-corrected chi connectivity index (χ4v) is 2.60. The lowest BCUT2D eigenvalue weighted by Gasteiger charge is -2.13. The largest absolute Gasteiger partial charge is 0.386 e. The average Bonchev–Trinajstić information content (AvgIpc) is 3.04. The molecule has 1 fully saturated rings. The highest BCUT2D eigenvalue weighted by Crippen LogP contribution is 2.56. The molecule has 0 aromatic heterocycles. The number of benzene rings is 1. The van der Waals surface area contributed by atoms with Crippen molar-refractivity contribution in [1.82, 2.24) is 0 Å². The minimum atomic E-state index is -0.424. The van der Waals surface area contributed by atoms with Gasteiger partial charge in [0.2, 0.25) is 5.91 Å². The average molecular weight is 245 g/mol. The number of carbonyl (C=O) groups is 1. The molecule has 2 aliphatic rings. The molecule has 5 nitrogen and oxygen atoms in total. The number of carbonyl (C=O) groups excluding carboxylic acids is 1. The predicted molar refractivity (Wildman–Crippen MR) is 67.2 cm³/mol. The molecule has 18 heavy (non-hydrogen) atoms.